The normalized spacial score (nSPS) is 11.7. The van der Waals surface area contributed by atoms with Crippen molar-refractivity contribution in [3.05, 3.63) is 78.5 Å². The van der Waals surface area contributed by atoms with Gasteiger partial charge in [0.1, 0.15) is 11.4 Å². The van der Waals surface area contributed by atoms with Gasteiger partial charge in [-0.3, -0.25) is 14.3 Å². The number of thioether (sulfide) groups is 1. The Morgan fingerprint density at radius 3 is 2.53 bits per heavy atom. The smallest absolute Gasteiger partial charge is 0.237 e. The summed E-state index contributed by atoms with van der Waals surface area (Å²) in [6, 6.07) is 20.9. The molecule has 162 valence electrons. The zero-order valence-electron chi connectivity index (χ0n) is 18.0. The zero-order valence-corrected chi connectivity index (χ0v) is 18.8. The maximum absolute atomic E-state index is 12.9. The van der Waals surface area contributed by atoms with E-state index in [1.54, 1.807) is 13.3 Å². The summed E-state index contributed by atoms with van der Waals surface area (Å²) in [6.45, 7) is 3.81. The van der Waals surface area contributed by atoms with Crippen LogP contribution in [0.2, 0.25) is 0 Å². The van der Waals surface area contributed by atoms with Crippen LogP contribution < -0.4 is 10.1 Å². The zero-order chi connectivity index (χ0) is 22.5. The number of ether oxygens (including phenoxy) is 1. The second-order valence-electron chi connectivity index (χ2n) is 7.09. The van der Waals surface area contributed by atoms with Gasteiger partial charge in [0.05, 0.1) is 18.0 Å². The molecule has 2 heterocycles. The quantitative estimate of drug-likeness (QED) is 0.413. The van der Waals surface area contributed by atoms with Crippen molar-refractivity contribution in [2.45, 2.75) is 24.3 Å². The third-order valence-electron chi connectivity index (χ3n) is 4.91. The van der Waals surface area contributed by atoms with Crippen molar-refractivity contribution in [3.63, 3.8) is 0 Å². The molecule has 1 amide bonds. The Kier molecular flexibility index (Phi) is 6.51. The lowest BCUT2D eigenvalue weighted by molar-refractivity contribution is -0.115. The third-order valence-corrected chi connectivity index (χ3v) is 5.95. The van der Waals surface area contributed by atoms with E-state index in [2.05, 4.69) is 20.5 Å². The van der Waals surface area contributed by atoms with E-state index < -0.39 is 5.25 Å². The molecule has 1 unspecified atom stereocenters. The number of pyridine rings is 1. The summed E-state index contributed by atoms with van der Waals surface area (Å²) in [5.74, 6) is 1.13. The van der Waals surface area contributed by atoms with Gasteiger partial charge >= 0.3 is 0 Å². The van der Waals surface area contributed by atoms with Gasteiger partial charge in [-0.2, -0.15) is 0 Å². The number of aromatic nitrogens is 4. The molecule has 2 aromatic heterocycles. The van der Waals surface area contributed by atoms with E-state index in [1.807, 2.05) is 85.1 Å². The number of benzene rings is 2. The number of para-hydroxylation sites is 3. The summed E-state index contributed by atoms with van der Waals surface area (Å²) < 4.78 is 7.45. The van der Waals surface area contributed by atoms with Crippen LogP contribution >= 0.6 is 11.8 Å². The summed E-state index contributed by atoms with van der Waals surface area (Å²) in [6.07, 6.45) is 1.71. The number of amides is 1. The molecule has 0 saturated carbocycles. The molecule has 0 radical (unpaired) electrons. The summed E-state index contributed by atoms with van der Waals surface area (Å²) in [5.41, 5.74) is 3.25. The van der Waals surface area contributed by atoms with Gasteiger partial charge in [0.15, 0.2) is 11.0 Å². The summed E-state index contributed by atoms with van der Waals surface area (Å²) in [4.78, 5) is 17.3. The Labute approximate surface area is 190 Å². The number of rotatable bonds is 7. The van der Waals surface area contributed by atoms with Crippen LogP contribution in [0.15, 0.2) is 78.1 Å². The second kappa shape index (κ2) is 9.65. The van der Waals surface area contributed by atoms with Crippen molar-refractivity contribution in [1.29, 1.82) is 0 Å². The van der Waals surface area contributed by atoms with Gasteiger partial charge in [0.2, 0.25) is 5.91 Å². The van der Waals surface area contributed by atoms with Gasteiger partial charge in [-0.05, 0) is 49.7 Å². The standard InChI is InChI=1S/C24H23N5O2S/c1-16-10-4-5-11-18(16)26-23(30)17(2)32-24-28-27-22(19-12-8-9-15-25-19)29(24)20-13-6-7-14-21(20)31-3/h4-15,17H,1-3H3,(H,26,30). The van der Waals surface area contributed by atoms with Crippen LogP contribution in [0.3, 0.4) is 0 Å². The fourth-order valence-corrected chi connectivity index (χ4v) is 4.06. The summed E-state index contributed by atoms with van der Waals surface area (Å²) >= 11 is 1.33. The van der Waals surface area contributed by atoms with Crippen LogP contribution in [0.4, 0.5) is 5.69 Å². The van der Waals surface area contributed by atoms with E-state index in [4.69, 9.17) is 4.74 Å². The molecule has 1 N–H and O–H groups in total. The minimum absolute atomic E-state index is 0.113. The number of hydrogen-bond acceptors (Lipinski definition) is 6. The highest BCUT2D eigenvalue weighted by Gasteiger charge is 2.24. The molecule has 1 atom stereocenters. The van der Waals surface area contributed by atoms with E-state index >= 15 is 0 Å². The van der Waals surface area contributed by atoms with E-state index in [-0.39, 0.29) is 5.91 Å². The van der Waals surface area contributed by atoms with Crippen LogP contribution in [0, 0.1) is 6.92 Å². The minimum atomic E-state index is -0.413. The molecule has 32 heavy (non-hydrogen) atoms. The lowest BCUT2D eigenvalue weighted by Crippen LogP contribution is -2.23. The molecule has 8 heteroatoms. The average Bonchev–Trinajstić information content (AvgIpc) is 3.24. The monoisotopic (exact) mass is 445 g/mol. The third kappa shape index (κ3) is 4.50. The summed E-state index contributed by atoms with van der Waals surface area (Å²) in [5, 5.41) is 11.9. The molecule has 0 saturated heterocycles. The molecular weight excluding hydrogens is 422 g/mol. The predicted octanol–water partition coefficient (Wildman–Crippen LogP) is 4.77. The van der Waals surface area contributed by atoms with Crippen molar-refractivity contribution in [2.75, 3.05) is 12.4 Å². The predicted molar refractivity (Wildman–Crippen MR) is 126 cm³/mol. The number of nitrogens with one attached hydrogen (secondary N) is 1. The summed E-state index contributed by atoms with van der Waals surface area (Å²) in [7, 11) is 1.62. The lowest BCUT2D eigenvalue weighted by atomic mass is 10.2. The number of methoxy groups -OCH3 is 1. The molecule has 0 spiro atoms. The second-order valence-corrected chi connectivity index (χ2v) is 8.40. The van der Waals surface area contributed by atoms with Gasteiger partial charge < -0.3 is 10.1 Å². The largest absolute Gasteiger partial charge is 0.495 e. The maximum atomic E-state index is 12.9. The topological polar surface area (TPSA) is 81.9 Å². The Morgan fingerprint density at radius 2 is 1.78 bits per heavy atom. The van der Waals surface area contributed by atoms with Crippen LogP contribution in [-0.4, -0.2) is 38.0 Å². The Bertz CT molecular complexity index is 1230. The highest BCUT2D eigenvalue weighted by atomic mass is 32.2. The van der Waals surface area contributed by atoms with Gasteiger partial charge in [-0.25, -0.2) is 0 Å². The van der Waals surface area contributed by atoms with Crippen LogP contribution in [0.5, 0.6) is 5.75 Å². The lowest BCUT2D eigenvalue weighted by Gasteiger charge is -2.16. The van der Waals surface area contributed by atoms with E-state index in [0.717, 1.165) is 16.9 Å². The molecule has 7 nitrogen and oxygen atoms in total. The molecule has 4 aromatic rings. The number of carbonyl (C=O) groups is 1. The van der Waals surface area contributed by atoms with Crippen LogP contribution in [0.25, 0.3) is 17.2 Å². The van der Waals surface area contributed by atoms with Crippen molar-refractivity contribution in [1.82, 2.24) is 19.7 Å². The van der Waals surface area contributed by atoms with E-state index in [1.165, 1.54) is 11.8 Å². The average molecular weight is 446 g/mol. The van der Waals surface area contributed by atoms with Gasteiger partial charge in [0.25, 0.3) is 0 Å². The molecular formula is C24H23N5O2S. The molecule has 0 aliphatic carbocycles. The fraction of sp³-hybridized carbons (Fsp3) is 0.167. The fourth-order valence-electron chi connectivity index (χ4n) is 3.20. The van der Waals surface area contributed by atoms with Crippen molar-refractivity contribution in [3.8, 4) is 23.0 Å². The van der Waals surface area contributed by atoms with Crippen LogP contribution in [0.1, 0.15) is 12.5 Å². The number of anilines is 1. The molecule has 0 aliphatic rings. The van der Waals surface area contributed by atoms with Crippen molar-refractivity contribution in [2.24, 2.45) is 0 Å². The van der Waals surface area contributed by atoms with E-state index in [0.29, 0.717) is 22.4 Å². The SMILES string of the molecule is COc1ccccc1-n1c(SC(C)C(=O)Nc2ccccc2C)nnc1-c1ccccn1. The Balaban J connectivity index is 1.69. The first-order valence-electron chi connectivity index (χ1n) is 10.1. The molecule has 0 bridgehead atoms. The van der Waals surface area contributed by atoms with Gasteiger partial charge in [-0.15, -0.1) is 10.2 Å². The number of nitrogens with zero attached hydrogens (tertiary/aromatic N) is 4. The molecule has 0 aliphatic heterocycles. The molecule has 2 aromatic carbocycles. The van der Waals surface area contributed by atoms with Gasteiger partial charge in [-0.1, -0.05) is 48.2 Å². The number of hydrogen-bond donors (Lipinski definition) is 1. The van der Waals surface area contributed by atoms with Crippen molar-refractivity contribution >= 4 is 23.4 Å². The molecule has 4 rings (SSSR count). The number of carbonyl (C=O) groups excluding carboxylic acids is 1. The first-order chi connectivity index (χ1) is 15.6. The first kappa shape index (κ1) is 21.6. The highest BCUT2D eigenvalue weighted by molar-refractivity contribution is 8.00. The van der Waals surface area contributed by atoms with Crippen molar-refractivity contribution < 1.29 is 9.53 Å². The Morgan fingerprint density at radius 1 is 1.03 bits per heavy atom. The number of aryl methyl sites for hydroxylation is 1. The minimum Gasteiger partial charge on any atom is -0.495 e. The van der Waals surface area contributed by atoms with Gasteiger partial charge in [0, 0.05) is 11.9 Å². The highest BCUT2D eigenvalue weighted by Crippen LogP contribution is 2.33. The molecule has 0 fully saturated rings. The van der Waals surface area contributed by atoms with E-state index in [9.17, 15) is 4.79 Å². The first-order valence-corrected chi connectivity index (χ1v) is 11.0. The van der Waals surface area contributed by atoms with Crippen LogP contribution in [-0.2, 0) is 4.79 Å². The maximum Gasteiger partial charge on any atom is 0.237 e. The Hall–Kier alpha value is -3.65.